The summed E-state index contributed by atoms with van der Waals surface area (Å²) in [6.07, 6.45) is 3.01. The molecule has 2 rings (SSSR count). The second kappa shape index (κ2) is 9.76. The van der Waals surface area contributed by atoms with Gasteiger partial charge in [0, 0.05) is 20.1 Å². The fourth-order valence-corrected chi connectivity index (χ4v) is 2.27. The summed E-state index contributed by atoms with van der Waals surface area (Å²) in [5, 5.41) is 14.8. The quantitative estimate of drug-likeness (QED) is 0.437. The zero-order valence-electron chi connectivity index (χ0n) is 15.2. The topological polar surface area (TPSA) is 67.1 Å². The van der Waals surface area contributed by atoms with Crippen molar-refractivity contribution in [2.75, 3.05) is 13.1 Å². The van der Waals surface area contributed by atoms with E-state index in [1.54, 1.807) is 12.1 Å². The molecule has 0 fully saturated rings. The molecule has 2 aromatic rings. The minimum atomic E-state index is -0.209. The molecular formula is C18H27FN6. The molecular weight excluding hydrogens is 319 g/mol. The van der Waals surface area contributed by atoms with Crippen LogP contribution in [0.15, 0.2) is 29.3 Å². The normalized spacial score (nSPS) is 11.6. The monoisotopic (exact) mass is 346 g/mol. The molecule has 0 saturated carbocycles. The van der Waals surface area contributed by atoms with Gasteiger partial charge in [0.05, 0.1) is 0 Å². The summed E-state index contributed by atoms with van der Waals surface area (Å²) in [7, 11) is 1.94. The number of halogens is 1. The van der Waals surface area contributed by atoms with Gasteiger partial charge in [0.15, 0.2) is 11.8 Å². The standard InChI is InChI=1S/C18H27FN6/c1-4-5-11-20-18(22-13-17-24-23-14(2)25(17)3)21-12-10-15-6-8-16(19)9-7-15/h6-9H,4-5,10-13H2,1-3H3,(H2,20,21,22). The number of unbranched alkanes of at least 4 members (excludes halogenated alkanes) is 1. The number of hydrogen-bond donors (Lipinski definition) is 2. The van der Waals surface area contributed by atoms with Gasteiger partial charge >= 0.3 is 0 Å². The molecule has 0 amide bonds. The fourth-order valence-electron chi connectivity index (χ4n) is 2.27. The van der Waals surface area contributed by atoms with E-state index in [1.165, 1.54) is 12.1 Å². The van der Waals surface area contributed by atoms with Gasteiger partial charge < -0.3 is 15.2 Å². The number of nitrogens with zero attached hydrogens (tertiary/aromatic N) is 4. The average molecular weight is 346 g/mol. The predicted octanol–water partition coefficient (Wildman–Crippen LogP) is 2.34. The molecule has 0 unspecified atom stereocenters. The summed E-state index contributed by atoms with van der Waals surface area (Å²) in [5.74, 6) is 2.25. The van der Waals surface area contributed by atoms with E-state index in [-0.39, 0.29) is 5.82 Å². The molecule has 0 spiro atoms. The summed E-state index contributed by atoms with van der Waals surface area (Å²) >= 11 is 0. The first kappa shape index (κ1) is 18.9. The lowest BCUT2D eigenvalue weighted by Crippen LogP contribution is -2.39. The number of benzene rings is 1. The van der Waals surface area contributed by atoms with Crippen LogP contribution in [0.1, 0.15) is 37.0 Å². The fraction of sp³-hybridized carbons (Fsp3) is 0.500. The lowest BCUT2D eigenvalue weighted by Gasteiger charge is -2.12. The van der Waals surface area contributed by atoms with E-state index in [0.29, 0.717) is 6.54 Å². The maximum atomic E-state index is 12.9. The van der Waals surface area contributed by atoms with Gasteiger partial charge in [-0.2, -0.15) is 0 Å². The maximum absolute atomic E-state index is 12.9. The summed E-state index contributed by atoms with van der Waals surface area (Å²) in [4.78, 5) is 4.60. The molecule has 0 aliphatic heterocycles. The van der Waals surface area contributed by atoms with E-state index in [9.17, 15) is 4.39 Å². The molecule has 25 heavy (non-hydrogen) atoms. The number of aromatic nitrogens is 3. The lowest BCUT2D eigenvalue weighted by molar-refractivity contribution is 0.626. The second-order valence-corrected chi connectivity index (χ2v) is 5.97. The molecule has 0 aliphatic rings. The molecule has 1 heterocycles. The van der Waals surface area contributed by atoms with Crippen LogP contribution in [-0.2, 0) is 20.0 Å². The summed E-state index contributed by atoms with van der Waals surface area (Å²) in [6.45, 7) is 6.14. The largest absolute Gasteiger partial charge is 0.356 e. The van der Waals surface area contributed by atoms with E-state index >= 15 is 0 Å². The number of guanidine groups is 1. The molecule has 6 nitrogen and oxygen atoms in total. The molecule has 7 heteroatoms. The highest BCUT2D eigenvalue weighted by Gasteiger charge is 2.05. The van der Waals surface area contributed by atoms with Gasteiger partial charge in [-0.25, -0.2) is 9.38 Å². The first-order valence-corrected chi connectivity index (χ1v) is 8.71. The molecule has 0 bridgehead atoms. The zero-order valence-corrected chi connectivity index (χ0v) is 15.2. The first-order chi connectivity index (χ1) is 12.1. The first-order valence-electron chi connectivity index (χ1n) is 8.71. The maximum Gasteiger partial charge on any atom is 0.191 e. The molecule has 1 aromatic heterocycles. The van der Waals surface area contributed by atoms with Gasteiger partial charge in [-0.1, -0.05) is 25.5 Å². The van der Waals surface area contributed by atoms with Crippen molar-refractivity contribution in [2.24, 2.45) is 12.0 Å². The van der Waals surface area contributed by atoms with Crippen molar-refractivity contribution >= 4 is 5.96 Å². The molecule has 0 radical (unpaired) electrons. The van der Waals surface area contributed by atoms with Gasteiger partial charge in [0.2, 0.25) is 0 Å². The van der Waals surface area contributed by atoms with Crippen molar-refractivity contribution in [3.8, 4) is 0 Å². The molecule has 136 valence electrons. The van der Waals surface area contributed by atoms with E-state index in [4.69, 9.17) is 0 Å². The summed E-state index contributed by atoms with van der Waals surface area (Å²) in [5.41, 5.74) is 1.09. The SMILES string of the molecule is CCCCNC(=NCc1nnc(C)n1C)NCCc1ccc(F)cc1. The van der Waals surface area contributed by atoms with E-state index in [1.807, 2.05) is 18.5 Å². The molecule has 0 saturated heterocycles. The summed E-state index contributed by atoms with van der Waals surface area (Å²) in [6, 6.07) is 6.59. The molecule has 0 aliphatic carbocycles. The molecule has 2 N–H and O–H groups in total. The van der Waals surface area contributed by atoms with Gasteiger partial charge in [0.25, 0.3) is 0 Å². The smallest absolute Gasteiger partial charge is 0.191 e. The van der Waals surface area contributed by atoms with E-state index in [0.717, 1.165) is 55.5 Å². The van der Waals surface area contributed by atoms with Crippen molar-refractivity contribution in [3.63, 3.8) is 0 Å². The predicted molar refractivity (Wildman–Crippen MR) is 97.9 cm³/mol. The number of rotatable bonds is 8. The Hall–Kier alpha value is -2.44. The Bertz CT molecular complexity index is 677. The van der Waals surface area contributed by atoms with Crippen LogP contribution in [0, 0.1) is 12.7 Å². The highest BCUT2D eigenvalue weighted by atomic mass is 19.1. The second-order valence-electron chi connectivity index (χ2n) is 5.97. The van der Waals surface area contributed by atoms with E-state index < -0.39 is 0 Å². The Morgan fingerprint density at radius 1 is 1.16 bits per heavy atom. The minimum Gasteiger partial charge on any atom is -0.356 e. The zero-order chi connectivity index (χ0) is 18.1. The van der Waals surface area contributed by atoms with Crippen molar-refractivity contribution in [2.45, 2.75) is 39.7 Å². The van der Waals surface area contributed by atoms with Crippen molar-refractivity contribution in [1.82, 2.24) is 25.4 Å². The van der Waals surface area contributed by atoms with Crippen LogP contribution in [0.25, 0.3) is 0 Å². The number of aryl methyl sites for hydroxylation is 1. The van der Waals surface area contributed by atoms with Crippen LogP contribution >= 0.6 is 0 Å². The van der Waals surface area contributed by atoms with Gasteiger partial charge in [-0.05, 0) is 37.5 Å². The van der Waals surface area contributed by atoms with Crippen LogP contribution < -0.4 is 10.6 Å². The van der Waals surface area contributed by atoms with Crippen molar-refractivity contribution in [1.29, 1.82) is 0 Å². The third kappa shape index (κ3) is 6.17. The van der Waals surface area contributed by atoms with Gasteiger partial charge in [-0.3, -0.25) is 0 Å². The molecule has 1 aromatic carbocycles. The third-order valence-corrected chi connectivity index (χ3v) is 4.00. The Labute approximate surface area is 148 Å². The Morgan fingerprint density at radius 2 is 1.88 bits per heavy atom. The minimum absolute atomic E-state index is 0.209. The number of aliphatic imine (C=N–C) groups is 1. The van der Waals surface area contributed by atoms with Gasteiger partial charge in [0.1, 0.15) is 18.2 Å². The van der Waals surface area contributed by atoms with Crippen LogP contribution in [0.5, 0.6) is 0 Å². The highest BCUT2D eigenvalue weighted by Crippen LogP contribution is 2.03. The molecule has 0 atom stereocenters. The highest BCUT2D eigenvalue weighted by molar-refractivity contribution is 5.79. The average Bonchev–Trinajstić information content (AvgIpc) is 2.93. The van der Waals surface area contributed by atoms with Crippen molar-refractivity contribution in [3.05, 3.63) is 47.3 Å². The van der Waals surface area contributed by atoms with Crippen LogP contribution in [0.2, 0.25) is 0 Å². The number of nitrogens with one attached hydrogen (secondary N) is 2. The number of hydrogen-bond acceptors (Lipinski definition) is 3. The lowest BCUT2D eigenvalue weighted by atomic mass is 10.1. The van der Waals surface area contributed by atoms with Crippen molar-refractivity contribution < 1.29 is 4.39 Å². The van der Waals surface area contributed by atoms with Gasteiger partial charge in [-0.15, -0.1) is 10.2 Å². The van der Waals surface area contributed by atoms with Crippen LogP contribution in [0.4, 0.5) is 4.39 Å². The van der Waals surface area contributed by atoms with Crippen LogP contribution in [-0.4, -0.2) is 33.8 Å². The Balaban J connectivity index is 1.90. The summed E-state index contributed by atoms with van der Waals surface area (Å²) < 4.78 is 14.9. The third-order valence-electron chi connectivity index (χ3n) is 4.00. The Morgan fingerprint density at radius 3 is 2.52 bits per heavy atom. The Kier molecular flexibility index (Phi) is 7.37. The van der Waals surface area contributed by atoms with Crippen LogP contribution in [0.3, 0.4) is 0 Å². The van der Waals surface area contributed by atoms with E-state index in [2.05, 4.69) is 32.7 Å².